The number of rotatable bonds is 9. The van der Waals surface area contributed by atoms with Crippen LogP contribution in [-0.4, -0.2) is 73.0 Å². The summed E-state index contributed by atoms with van der Waals surface area (Å²) in [6, 6.07) is 12.2. The molecular formula is C31H33N5O8. The van der Waals surface area contributed by atoms with Crippen molar-refractivity contribution in [2.24, 2.45) is 0 Å². The van der Waals surface area contributed by atoms with Gasteiger partial charge in [0.05, 0.1) is 25.6 Å². The van der Waals surface area contributed by atoms with Crippen molar-refractivity contribution >= 4 is 29.0 Å². The zero-order valence-corrected chi connectivity index (χ0v) is 24.6. The number of aliphatic carboxylic acids is 1. The SMILES string of the molecule is COc1cc(COC(C(=Cc2ccc(C)cc2)C(=O)O)[C@H]2O[C@@H](n3cnc4c(N)ncnc43)[C@@H]3OC(C)(C)O[C@@H]32)ccc1O. The Kier molecular flexibility index (Phi) is 7.72. The maximum absolute atomic E-state index is 12.9. The van der Waals surface area contributed by atoms with E-state index in [2.05, 4.69) is 15.0 Å². The van der Waals surface area contributed by atoms with Crippen molar-refractivity contribution in [2.75, 3.05) is 12.8 Å². The normalized spacial score (nSPS) is 23.5. The fourth-order valence-electron chi connectivity index (χ4n) is 5.60. The van der Waals surface area contributed by atoms with Gasteiger partial charge >= 0.3 is 5.97 Å². The van der Waals surface area contributed by atoms with E-state index in [9.17, 15) is 15.0 Å². The molecule has 1 unspecified atom stereocenters. The third kappa shape index (κ3) is 5.57. The molecule has 13 nitrogen and oxygen atoms in total. The zero-order chi connectivity index (χ0) is 31.2. The lowest BCUT2D eigenvalue weighted by Gasteiger charge is -2.30. The Labute approximate surface area is 252 Å². The lowest BCUT2D eigenvalue weighted by atomic mass is 9.96. The first-order chi connectivity index (χ1) is 21.0. The summed E-state index contributed by atoms with van der Waals surface area (Å²) >= 11 is 0. The third-order valence-corrected chi connectivity index (χ3v) is 7.65. The number of phenols is 1. The van der Waals surface area contributed by atoms with Crippen LogP contribution in [0, 0.1) is 6.92 Å². The Morgan fingerprint density at radius 2 is 1.89 bits per heavy atom. The van der Waals surface area contributed by atoms with Gasteiger partial charge in [-0.25, -0.2) is 19.7 Å². The Morgan fingerprint density at radius 1 is 1.14 bits per heavy atom. The molecule has 5 atom stereocenters. The van der Waals surface area contributed by atoms with E-state index in [4.69, 9.17) is 29.4 Å². The number of nitrogen functional groups attached to an aromatic ring is 1. The number of aromatic hydroxyl groups is 1. The molecule has 2 aliphatic heterocycles. The van der Waals surface area contributed by atoms with Crippen molar-refractivity contribution in [2.45, 2.75) is 63.8 Å². The fraction of sp³-hybridized carbons (Fsp3) is 0.355. The number of aromatic nitrogens is 4. The van der Waals surface area contributed by atoms with Crippen LogP contribution in [0.2, 0.25) is 0 Å². The van der Waals surface area contributed by atoms with Gasteiger partial charge in [-0.1, -0.05) is 35.9 Å². The summed E-state index contributed by atoms with van der Waals surface area (Å²) in [6.07, 6.45) is 0.170. The number of fused-ring (bicyclic) bond motifs is 2. The number of aryl methyl sites for hydroxylation is 1. The molecule has 0 spiro atoms. The molecule has 4 heterocycles. The van der Waals surface area contributed by atoms with Crippen LogP contribution in [0.4, 0.5) is 5.82 Å². The van der Waals surface area contributed by atoms with Gasteiger partial charge in [0.25, 0.3) is 0 Å². The van der Waals surface area contributed by atoms with Crippen molar-refractivity contribution in [3.8, 4) is 11.5 Å². The molecule has 4 aromatic rings. The van der Waals surface area contributed by atoms with Crippen LogP contribution >= 0.6 is 0 Å². The minimum Gasteiger partial charge on any atom is -0.504 e. The molecule has 0 radical (unpaired) electrons. The molecule has 6 rings (SSSR count). The lowest BCUT2D eigenvalue weighted by Crippen LogP contribution is -2.42. The number of carboxylic acid groups (broad SMARTS) is 1. The monoisotopic (exact) mass is 603 g/mol. The van der Waals surface area contributed by atoms with Crippen molar-refractivity contribution in [1.29, 1.82) is 0 Å². The Bertz CT molecular complexity index is 1720. The molecule has 2 aromatic carbocycles. The maximum atomic E-state index is 12.9. The van der Waals surface area contributed by atoms with Gasteiger partial charge in [-0.05, 0) is 50.1 Å². The summed E-state index contributed by atoms with van der Waals surface area (Å²) in [5, 5.41) is 20.6. The molecule has 4 N–H and O–H groups in total. The number of ether oxygens (including phenoxy) is 5. The molecule has 13 heteroatoms. The average molecular weight is 604 g/mol. The van der Waals surface area contributed by atoms with Crippen molar-refractivity contribution in [3.05, 3.63) is 77.4 Å². The number of anilines is 1. The van der Waals surface area contributed by atoms with E-state index in [0.717, 1.165) is 5.56 Å². The summed E-state index contributed by atoms with van der Waals surface area (Å²) in [7, 11) is 1.44. The molecule has 2 fully saturated rings. The van der Waals surface area contributed by atoms with E-state index in [1.807, 2.05) is 31.2 Å². The van der Waals surface area contributed by atoms with Crippen LogP contribution < -0.4 is 10.5 Å². The minimum atomic E-state index is -1.19. The molecule has 2 saturated heterocycles. The minimum absolute atomic E-state index is 0.0241. The number of nitrogens with two attached hydrogens (primary N) is 1. The molecule has 0 saturated carbocycles. The number of hydrogen-bond donors (Lipinski definition) is 3. The second-order valence-electron chi connectivity index (χ2n) is 11.2. The second-order valence-corrected chi connectivity index (χ2v) is 11.2. The molecule has 44 heavy (non-hydrogen) atoms. The van der Waals surface area contributed by atoms with Crippen LogP contribution in [0.3, 0.4) is 0 Å². The quantitative estimate of drug-likeness (QED) is 0.238. The van der Waals surface area contributed by atoms with Gasteiger partial charge in [0.2, 0.25) is 0 Å². The Morgan fingerprint density at radius 3 is 2.61 bits per heavy atom. The smallest absolute Gasteiger partial charge is 0.334 e. The molecular weight excluding hydrogens is 570 g/mol. The van der Waals surface area contributed by atoms with Crippen LogP contribution in [-0.2, 0) is 30.3 Å². The Hall–Kier alpha value is -4.56. The van der Waals surface area contributed by atoms with E-state index in [0.29, 0.717) is 22.3 Å². The first-order valence-corrected chi connectivity index (χ1v) is 14.0. The topological polar surface area (TPSA) is 173 Å². The third-order valence-electron chi connectivity index (χ3n) is 7.65. The Balaban J connectivity index is 1.42. The van der Waals surface area contributed by atoms with Gasteiger partial charge in [-0.3, -0.25) is 4.57 Å². The molecule has 2 aromatic heterocycles. The highest BCUT2D eigenvalue weighted by atomic mass is 16.8. The van der Waals surface area contributed by atoms with Crippen LogP contribution in [0.15, 0.2) is 60.7 Å². The van der Waals surface area contributed by atoms with Crippen molar-refractivity contribution in [1.82, 2.24) is 19.5 Å². The highest BCUT2D eigenvalue weighted by Crippen LogP contribution is 2.46. The number of imidazole rings is 1. The van der Waals surface area contributed by atoms with Gasteiger partial charge in [0.15, 0.2) is 35.0 Å². The van der Waals surface area contributed by atoms with Gasteiger partial charge in [0, 0.05) is 0 Å². The van der Waals surface area contributed by atoms with E-state index < -0.39 is 42.4 Å². The largest absolute Gasteiger partial charge is 0.504 e. The molecule has 0 bridgehead atoms. The van der Waals surface area contributed by atoms with Gasteiger partial charge in [-0.15, -0.1) is 0 Å². The molecule has 2 aliphatic rings. The first kappa shape index (κ1) is 29.5. The van der Waals surface area contributed by atoms with Crippen molar-refractivity contribution < 1.29 is 38.7 Å². The summed E-state index contributed by atoms with van der Waals surface area (Å²) in [5.74, 6) is -1.74. The average Bonchev–Trinajstić information content (AvgIpc) is 3.65. The molecule has 0 aliphatic carbocycles. The van der Waals surface area contributed by atoms with E-state index >= 15 is 0 Å². The summed E-state index contributed by atoms with van der Waals surface area (Å²) in [4.78, 5) is 25.6. The van der Waals surface area contributed by atoms with E-state index in [1.165, 1.54) is 25.8 Å². The van der Waals surface area contributed by atoms with E-state index in [1.54, 1.807) is 36.6 Å². The summed E-state index contributed by atoms with van der Waals surface area (Å²) in [5.41, 5.74) is 9.17. The number of carboxylic acids is 1. The number of benzene rings is 2. The highest BCUT2D eigenvalue weighted by molar-refractivity contribution is 5.93. The van der Waals surface area contributed by atoms with Crippen LogP contribution in [0.5, 0.6) is 11.5 Å². The van der Waals surface area contributed by atoms with Crippen molar-refractivity contribution in [3.63, 3.8) is 0 Å². The number of carbonyl (C=O) groups is 1. The fourth-order valence-corrected chi connectivity index (χ4v) is 5.60. The van der Waals surface area contributed by atoms with E-state index in [-0.39, 0.29) is 29.5 Å². The number of hydrogen-bond acceptors (Lipinski definition) is 11. The van der Waals surface area contributed by atoms with Crippen LogP contribution in [0.1, 0.15) is 36.8 Å². The second kappa shape index (κ2) is 11.5. The van der Waals surface area contributed by atoms with Crippen LogP contribution in [0.25, 0.3) is 17.2 Å². The summed E-state index contributed by atoms with van der Waals surface area (Å²) < 4.78 is 32.6. The van der Waals surface area contributed by atoms with Gasteiger partial charge in [-0.2, -0.15) is 0 Å². The number of nitrogens with zero attached hydrogens (tertiary/aromatic N) is 4. The maximum Gasteiger partial charge on any atom is 0.334 e. The highest BCUT2D eigenvalue weighted by Gasteiger charge is 2.59. The standard InChI is InChI=1S/C31H33N5O8/c1-16-5-7-17(8-6-16)11-19(30(38)39)23(41-13-18-9-10-20(37)21(12-18)40-4)24-25-26(44-31(2,3)43-25)29(42-24)36-15-35-22-27(32)33-14-34-28(22)36/h5-12,14-15,23-26,29,37H,13H2,1-4H3,(H,38,39)(H2,32,33,34)/t23?,24-,25-,26-,29-/m1/s1. The predicted molar refractivity (Wildman–Crippen MR) is 157 cm³/mol. The van der Waals surface area contributed by atoms with Gasteiger partial charge < -0.3 is 39.6 Å². The van der Waals surface area contributed by atoms with Gasteiger partial charge in [0.1, 0.15) is 36.3 Å². The lowest BCUT2D eigenvalue weighted by molar-refractivity contribution is -0.208. The summed E-state index contributed by atoms with van der Waals surface area (Å²) in [6.45, 7) is 5.49. The predicted octanol–water partition coefficient (Wildman–Crippen LogP) is 3.60. The number of phenolic OH excluding ortho intramolecular Hbond substituents is 1. The first-order valence-electron chi connectivity index (χ1n) is 14.0. The number of methoxy groups -OCH3 is 1. The zero-order valence-electron chi connectivity index (χ0n) is 24.6. The molecule has 0 amide bonds. The molecule has 230 valence electrons.